The van der Waals surface area contributed by atoms with Crippen LogP contribution in [0.15, 0.2) is 24.3 Å². The molecule has 1 saturated heterocycles. The van der Waals surface area contributed by atoms with Crippen molar-refractivity contribution < 1.29 is 9.59 Å². The molecule has 1 saturated carbocycles. The van der Waals surface area contributed by atoms with Gasteiger partial charge in [0, 0.05) is 32.1 Å². The van der Waals surface area contributed by atoms with E-state index in [1.54, 1.807) is 0 Å². The predicted octanol–water partition coefficient (Wildman–Crippen LogP) is 3.76. The summed E-state index contributed by atoms with van der Waals surface area (Å²) in [5, 5.41) is 6.22. The molecule has 0 spiro atoms. The summed E-state index contributed by atoms with van der Waals surface area (Å²) in [6.07, 6.45) is 8.36. The van der Waals surface area contributed by atoms with Crippen LogP contribution in [0.4, 0.5) is 4.79 Å². The summed E-state index contributed by atoms with van der Waals surface area (Å²) in [6, 6.07) is 8.68. The van der Waals surface area contributed by atoms with Gasteiger partial charge >= 0.3 is 6.03 Å². The number of urea groups is 1. The first-order valence-corrected chi connectivity index (χ1v) is 10.5. The van der Waals surface area contributed by atoms with E-state index in [0.29, 0.717) is 24.9 Å². The number of hydrogen-bond donors (Lipinski definition) is 2. The van der Waals surface area contributed by atoms with E-state index >= 15 is 0 Å². The SMILES string of the molecule is Cc1ccc(CNC(=O)CC2CCN(C(=O)NC3CCCCC3)CC2)cc1. The Balaban J connectivity index is 1.34. The van der Waals surface area contributed by atoms with Gasteiger partial charge in [-0.1, -0.05) is 49.1 Å². The number of amides is 3. The topological polar surface area (TPSA) is 61.4 Å². The highest BCUT2D eigenvalue weighted by Crippen LogP contribution is 2.22. The number of piperidine rings is 1. The number of carbonyl (C=O) groups is 2. The zero-order valence-electron chi connectivity index (χ0n) is 16.5. The molecule has 0 bridgehead atoms. The normalized spacial score (nSPS) is 18.9. The average Bonchev–Trinajstić information content (AvgIpc) is 2.69. The van der Waals surface area contributed by atoms with E-state index in [1.807, 2.05) is 4.90 Å². The Morgan fingerprint density at radius 3 is 2.33 bits per heavy atom. The van der Waals surface area contributed by atoms with E-state index < -0.39 is 0 Å². The molecule has 1 heterocycles. The first kappa shape index (κ1) is 19.7. The summed E-state index contributed by atoms with van der Waals surface area (Å²) >= 11 is 0. The van der Waals surface area contributed by atoms with Gasteiger partial charge in [0.1, 0.15) is 0 Å². The Bertz CT molecular complexity index is 615. The Kier molecular flexibility index (Phi) is 7.13. The van der Waals surface area contributed by atoms with Crippen LogP contribution in [0.2, 0.25) is 0 Å². The van der Waals surface area contributed by atoms with Crippen molar-refractivity contribution in [2.24, 2.45) is 5.92 Å². The highest BCUT2D eigenvalue weighted by Gasteiger charge is 2.26. The number of rotatable bonds is 5. The van der Waals surface area contributed by atoms with E-state index in [2.05, 4.69) is 41.8 Å². The number of carbonyl (C=O) groups excluding carboxylic acids is 2. The molecular weight excluding hydrogens is 338 g/mol. The molecule has 3 rings (SSSR count). The summed E-state index contributed by atoms with van der Waals surface area (Å²) < 4.78 is 0. The maximum absolute atomic E-state index is 12.4. The molecule has 5 heteroatoms. The van der Waals surface area contributed by atoms with Crippen LogP contribution in [-0.2, 0) is 11.3 Å². The maximum Gasteiger partial charge on any atom is 0.317 e. The molecule has 2 fully saturated rings. The minimum atomic E-state index is 0.0872. The molecule has 0 radical (unpaired) electrons. The molecule has 27 heavy (non-hydrogen) atoms. The molecule has 1 aromatic carbocycles. The Morgan fingerprint density at radius 2 is 1.67 bits per heavy atom. The lowest BCUT2D eigenvalue weighted by molar-refractivity contribution is -0.122. The average molecular weight is 372 g/mol. The minimum absolute atomic E-state index is 0.0872. The molecule has 1 aliphatic heterocycles. The van der Waals surface area contributed by atoms with Crippen molar-refractivity contribution in [1.82, 2.24) is 15.5 Å². The molecular formula is C22H33N3O2. The third kappa shape index (κ3) is 6.26. The zero-order valence-corrected chi connectivity index (χ0v) is 16.5. The third-order valence-corrected chi connectivity index (χ3v) is 5.92. The van der Waals surface area contributed by atoms with Crippen LogP contribution in [0, 0.1) is 12.8 Å². The van der Waals surface area contributed by atoms with E-state index in [0.717, 1.165) is 44.3 Å². The number of likely N-dealkylation sites (tertiary alicyclic amines) is 1. The summed E-state index contributed by atoms with van der Waals surface area (Å²) in [4.78, 5) is 26.6. The molecule has 0 atom stereocenters. The van der Waals surface area contributed by atoms with Crippen LogP contribution in [0.3, 0.4) is 0 Å². The van der Waals surface area contributed by atoms with Crippen molar-refractivity contribution in [2.45, 2.75) is 70.9 Å². The van der Waals surface area contributed by atoms with Crippen LogP contribution in [0.1, 0.15) is 62.5 Å². The fourth-order valence-corrected chi connectivity index (χ4v) is 4.09. The molecule has 148 valence electrons. The number of nitrogens with zero attached hydrogens (tertiary/aromatic N) is 1. The molecule has 3 amide bonds. The van der Waals surface area contributed by atoms with Gasteiger partial charge in [-0.25, -0.2) is 4.79 Å². The fraction of sp³-hybridized carbons (Fsp3) is 0.636. The second-order valence-corrected chi connectivity index (χ2v) is 8.18. The second kappa shape index (κ2) is 9.77. The molecule has 0 aromatic heterocycles. The molecule has 1 aliphatic carbocycles. The monoisotopic (exact) mass is 371 g/mol. The number of aryl methyl sites for hydroxylation is 1. The van der Waals surface area contributed by atoms with E-state index in [-0.39, 0.29) is 11.9 Å². The first-order chi connectivity index (χ1) is 13.1. The number of hydrogen-bond acceptors (Lipinski definition) is 2. The number of benzene rings is 1. The largest absolute Gasteiger partial charge is 0.352 e. The van der Waals surface area contributed by atoms with Crippen molar-refractivity contribution >= 4 is 11.9 Å². The van der Waals surface area contributed by atoms with Gasteiger partial charge in [-0.15, -0.1) is 0 Å². The van der Waals surface area contributed by atoms with Gasteiger partial charge in [0.15, 0.2) is 0 Å². The van der Waals surface area contributed by atoms with Crippen LogP contribution >= 0.6 is 0 Å². The predicted molar refractivity (Wildman–Crippen MR) is 107 cm³/mol. The number of nitrogens with one attached hydrogen (secondary N) is 2. The third-order valence-electron chi connectivity index (χ3n) is 5.92. The first-order valence-electron chi connectivity index (χ1n) is 10.5. The van der Waals surface area contributed by atoms with Crippen LogP contribution in [-0.4, -0.2) is 36.0 Å². The molecule has 1 aromatic rings. The van der Waals surface area contributed by atoms with Gasteiger partial charge in [-0.3, -0.25) is 4.79 Å². The van der Waals surface area contributed by atoms with Crippen molar-refractivity contribution in [2.75, 3.05) is 13.1 Å². The highest BCUT2D eigenvalue weighted by molar-refractivity contribution is 5.76. The van der Waals surface area contributed by atoms with Crippen LogP contribution < -0.4 is 10.6 Å². The fourth-order valence-electron chi connectivity index (χ4n) is 4.09. The summed E-state index contributed by atoms with van der Waals surface area (Å²) in [5.74, 6) is 0.488. The second-order valence-electron chi connectivity index (χ2n) is 8.18. The molecule has 2 N–H and O–H groups in total. The molecule has 5 nitrogen and oxygen atoms in total. The smallest absolute Gasteiger partial charge is 0.317 e. The van der Waals surface area contributed by atoms with Gasteiger partial charge in [0.2, 0.25) is 5.91 Å². The summed E-state index contributed by atoms with van der Waals surface area (Å²) in [5.41, 5.74) is 2.35. The lowest BCUT2D eigenvalue weighted by Crippen LogP contribution is -2.48. The maximum atomic E-state index is 12.4. The van der Waals surface area contributed by atoms with Gasteiger partial charge in [0.05, 0.1) is 0 Å². The Labute approximate surface area is 162 Å². The lowest BCUT2D eigenvalue weighted by atomic mass is 9.93. The van der Waals surface area contributed by atoms with E-state index in [1.165, 1.54) is 24.8 Å². The quantitative estimate of drug-likeness (QED) is 0.828. The van der Waals surface area contributed by atoms with Gasteiger partial charge in [-0.2, -0.15) is 0 Å². The zero-order chi connectivity index (χ0) is 19.1. The van der Waals surface area contributed by atoms with Crippen LogP contribution in [0.5, 0.6) is 0 Å². The molecule has 2 aliphatic rings. The Hall–Kier alpha value is -2.04. The minimum Gasteiger partial charge on any atom is -0.352 e. The standard InChI is InChI=1S/C22H33N3O2/c1-17-7-9-19(10-8-17)16-23-21(26)15-18-11-13-25(14-12-18)22(27)24-20-5-3-2-4-6-20/h7-10,18,20H,2-6,11-16H2,1H3,(H,23,26)(H,24,27). The van der Waals surface area contributed by atoms with Gasteiger partial charge < -0.3 is 15.5 Å². The summed E-state index contributed by atoms with van der Waals surface area (Å²) in [7, 11) is 0. The van der Waals surface area contributed by atoms with E-state index in [9.17, 15) is 9.59 Å². The Morgan fingerprint density at radius 1 is 1.00 bits per heavy atom. The van der Waals surface area contributed by atoms with Crippen molar-refractivity contribution in [3.05, 3.63) is 35.4 Å². The van der Waals surface area contributed by atoms with Crippen molar-refractivity contribution in [3.8, 4) is 0 Å². The lowest BCUT2D eigenvalue weighted by Gasteiger charge is -2.33. The van der Waals surface area contributed by atoms with Gasteiger partial charge in [0.25, 0.3) is 0 Å². The van der Waals surface area contributed by atoms with Crippen LogP contribution in [0.25, 0.3) is 0 Å². The van der Waals surface area contributed by atoms with Crippen molar-refractivity contribution in [1.29, 1.82) is 0 Å². The van der Waals surface area contributed by atoms with E-state index in [4.69, 9.17) is 0 Å². The molecule has 0 unspecified atom stereocenters. The summed E-state index contributed by atoms with van der Waals surface area (Å²) in [6.45, 7) is 4.16. The van der Waals surface area contributed by atoms with Crippen molar-refractivity contribution in [3.63, 3.8) is 0 Å². The van der Waals surface area contributed by atoms with Gasteiger partial charge in [-0.05, 0) is 44.1 Å². The highest BCUT2D eigenvalue weighted by atomic mass is 16.2.